The van der Waals surface area contributed by atoms with Gasteiger partial charge in [-0.3, -0.25) is 0 Å². The molecular weight excluding hydrogens is 328 g/mol. The molecule has 5 nitrogen and oxygen atoms in total. The van der Waals surface area contributed by atoms with Gasteiger partial charge in [-0.1, -0.05) is 54.6 Å². The molecule has 0 bridgehead atoms. The summed E-state index contributed by atoms with van der Waals surface area (Å²) in [5, 5.41) is 5.71. The van der Waals surface area contributed by atoms with E-state index in [0.29, 0.717) is 32.9 Å². The number of hydrogen-bond acceptors (Lipinski definition) is 3. The molecule has 26 heavy (non-hydrogen) atoms. The summed E-state index contributed by atoms with van der Waals surface area (Å²) in [6.45, 7) is 3.02. The quantitative estimate of drug-likeness (QED) is 0.608. The van der Waals surface area contributed by atoms with Crippen LogP contribution in [0.1, 0.15) is 23.1 Å². The van der Waals surface area contributed by atoms with Crippen LogP contribution in [-0.2, 0) is 29.0 Å². The van der Waals surface area contributed by atoms with Crippen LogP contribution in [0.2, 0.25) is 0 Å². The third-order valence-electron chi connectivity index (χ3n) is 3.88. The molecular formula is C21H28N2O3. The zero-order chi connectivity index (χ0) is 18.5. The van der Waals surface area contributed by atoms with Gasteiger partial charge in [0.1, 0.15) is 0 Å². The molecule has 2 aromatic carbocycles. The molecule has 140 valence electrons. The van der Waals surface area contributed by atoms with Crippen LogP contribution in [-0.4, -0.2) is 32.9 Å². The number of benzene rings is 2. The average molecular weight is 356 g/mol. The van der Waals surface area contributed by atoms with Gasteiger partial charge < -0.3 is 20.1 Å². The molecule has 0 heterocycles. The highest BCUT2D eigenvalue weighted by atomic mass is 16.5. The smallest absolute Gasteiger partial charge is 0.315 e. The van der Waals surface area contributed by atoms with Crippen molar-refractivity contribution in [3.63, 3.8) is 0 Å². The molecule has 0 atom stereocenters. The number of methoxy groups -OCH3 is 1. The lowest BCUT2D eigenvalue weighted by Crippen LogP contribution is -2.35. The van der Waals surface area contributed by atoms with Gasteiger partial charge in [-0.25, -0.2) is 4.79 Å². The number of rotatable bonds is 11. The maximum Gasteiger partial charge on any atom is 0.315 e. The van der Waals surface area contributed by atoms with Crippen LogP contribution in [0.25, 0.3) is 0 Å². The fraction of sp³-hybridized carbons (Fsp3) is 0.381. The zero-order valence-electron chi connectivity index (χ0n) is 15.4. The number of amides is 2. The van der Waals surface area contributed by atoms with Crippen LogP contribution in [0.15, 0.2) is 54.6 Å². The summed E-state index contributed by atoms with van der Waals surface area (Å²) in [6, 6.07) is 18.1. The average Bonchev–Trinajstić information content (AvgIpc) is 2.67. The Balaban J connectivity index is 1.50. The topological polar surface area (TPSA) is 59.6 Å². The van der Waals surface area contributed by atoms with Crippen LogP contribution >= 0.6 is 0 Å². The fourth-order valence-corrected chi connectivity index (χ4v) is 2.55. The van der Waals surface area contributed by atoms with Crippen LogP contribution in [0, 0.1) is 0 Å². The van der Waals surface area contributed by atoms with Crippen LogP contribution < -0.4 is 10.6 Å². The molecule has 0 saturated carbocycles. The van der Waals surface area contributed by atoms with Crippen molar-refractivity contribution < 1.29 is 14.3 Å². The predicted octanol–water partition coefficient (Wildman–Crippen LogP) is 3.28. The van der Waals surface area contributed by atoms with E-state index in [1.165, 1.54) is 5.56 Å². The van der Waals surface area contributed by atoms with Crippen molar-refractivity contribution in [1.82, 2.24) is 10.6 Å². The number of nitrogens with one attached hydrogen (secondary N) is 2. The van der Waals surface area contributed by atoms with E-state index in [2.05, 4.69) is 22.8 Å². The Labute approximate surface area is 155 Å². The maximum atomic E-state index is 11.8. The van der Waals surface area contributed by atoms with Crippen LogP contribution in [0.4, 0.5) is 4.79 Å². The number of carbonyl (C=O) groups is 1. The van der Waals surface area contributed by atoms with Gasteiger partial charge in [0.25, 0.3) is 0 Å². The molecule has 0 aliphatic heterocycles. The number of ether oxygens (including phenoxy) is 2. The molecule has 0 radical (unpaired) electrons. The molecule has 0 aromatic heterocycles. The summed E-state index contributed by atoms with van der Waals surface area (Å²) in [5.74, 6) is 0. The second-order valence-corrected chi connectivity index (χ2v) is 6.06. The zero-order valence-corrected chi connectivity index (χ0v) is 15.4. The van der Waals surface area contributed by atoms with Gasteiger partial charge in [0.15, 0.2) is 0 Å². The third kappa shape index (κ3) is 8.14. The monoisotopic (exact) mass is 356 g/mol. The summed E-state index contributed by atoms with van der Waals surface area (Å²) in [6.07, 6.45) is 1.71. The highest BCUT2D eigenvalue weighted by molar-refractivity contribution is 5.73. The lowest BCUT2D eigenvalue weighted by molar-refractivity contribution is 0.135. The maximum absolute atomic E-state index is 11.8. The van der Waals surface area contributed by atoms with Gasteiger partial charge in [0, 0.05) is 26.8 Å². The molecule has 0 spiro atoms. The summed E-state index contributed by atoms with van der Waals surface area (Å²) in [7, 11) is 1.67. The van der Waals surface area contributed by atoms with Crippen molar-refractivity contribution in [3.05, 3.63) is 71.3 Å². The molecule has 0 aliphatic carbocycles. The third-order valence-corrected chi connectivity index (χ3v) is 3.88. The van der Waals surface area contributed by atoms with E-state index in [1.807, 2.05) is 42.5 Å². The van der Waals surface area contributed by atoms with E-state index >= 15 is 0 Å². The minimum absolute atomic E-state index is 0.161. The van der Waals surface area contributed by atoms with E-state index in [9.17, 15) is 4.79 Å². The van der Waals surface area contributed by atoms with E-state index in [-0.39, 0.29) is 6.03 Å². The van der Waals surface area contributed by atoms with Crippen molar-refractivity contribution in [2.24, 2.45) is 0 Å². The number of urea groups is 1. The van der Waals surface area contributed by atoms with Crippen molar-refractivity contribution in [2.75, 3.05) is 26.9 Å². The molecule has 2 aromatic rings. The Hall–Kier alpha value is -2.37. The molecule has 0 unspecified atom stereocenters. The Kier molecular flexibility index (Phi) is 9.25. The lowest BCUT2D eigenvalue weighted by atomic mass is 10.1. The number of hydrogen-bond donors (Lipinski definition) is 2. The Morgan fingerprint density at radius 1 is 0.923 bits per heavy atom. The Morgan fingerprint density at radius 3 is 2.50 bits per heavy atom. The molecule has 5 heteroatoms. The first kappa shape index (κ1) is 19.9. The predicted molar refractivity (Wildman–Crippen MR) is 103 cm³/mol. The Morgan fingerprint density at radius 2 is 1.69 bits per heavy atom. The minimum Gasteiger partial charge on any atom is -0.381 e. The molecule has 2 N–H and O–H groups in total. The second kappa shape index (κ2) is 12.1. The van der Waals surface area contributed by atoms with Crippen molar-refractivity contribution in [3.8, 4) is 0 Å². The van der Waals surface area contributed by atoms with E-state index in [1.54, 1.807) is 7.11 Å². The highest BCUT2D eigenvalue weighted by Gasteiger charge is 2.01. The normalized spacial score (nSPS) is 10.5. The van der Waals surface area contributed by atoms with E-state index in [0.717, 1.165) is 24.0 Å². The van der Waals surface area contributed by atoms with Crippen molar-refractivity contribution in [2.45, 2.75) is 26.0 Å². The van der Waals surface area contributed by atoms with Gasteiger partial charge in [-0.2, -0.15) is 0 Å². The lowest BCUT2D eigenvalue weighted by Gasteiger charge is -2.09. The van der Waals surface area contributed by atoms with Crippen LogP contribution in [0.5, 0.6) is 0 Å². The molecule has 0 fully saturated rings. The van der Waals surface area contributed by atoms with Gasteiger partial charge in [-0.05, 0) is 29.5 Å². The largest absolute Gasteiger partial charge is 0.381 e. The summed E-state index contributed by atoms with van der Waals surface area (Å²) in [5.41, 5.74) is 3.43. The van der Waals surface area contributed by atoms with Gasteiger partial charge in [0.2, 0.25) is 0 Å². The molecule has 0 aliphatic rings. The van der Waals surface area contributed by atoms with Gasteiger partial charge >= 0.3 is 6.03 Å². The fourth-order valence-electron chi connectivity index (χ4n) is 2.55. The molecule has 0 saturated heterocycles. The summed E-state index contributed by atoms with van der Waals surface area (Å²) < 4.78 is 10.7. The summed E-state index contributed by atoms with van der Waals surface area (Å²) >= 11 is 0. The molecule has 2 amide bonds. The first-order valence-electron chi connectivity index (χ1n) is 8.98. The van der Waals surface area contributed by atoms with Crippen molar-refractivity contribution in [1.29, 1.82) is 0 Å². The van der Waals surface area contributed by atoms with E-state index in [4.69, 9.17) is 9.47 Å². The minimum atomic E-state index is -0.161. The number of carbonyl (C=O) groups excluding carboxylic acids is 1. The second-order valence-electron chi connectivity index (χ2n) is 6.06. The standard InChI is InChI=1S/C21H28N2O3/c1-25-17-20-10-5-9-19(15-20)16-23-21(24)22-12-6-13-26-14-11-18-7-3-2-4-8-18/h2-5,7-10,15H,6,11-14,16-17H2,1H3,(H2,22,23,24). The Bertz CT molecular complexity index is 647. The highest BCUT2D eigenvalue weighted by Crippen LogP contribution is 2.06. The van der Waals surface area contributed by atoms with Crippen molar-refractivity contribution >= 4 is 6.03 Å². The summed E-state index contributed by atoms with van der Waals surface area (Å²) in [4.78, 5) is 11.8. The van der Waals surface area contributed by atoms with Gasteiger partial charge in [0.05, 0.1) is 13.2 Å². The SMILES string of the molecule is COCc1cccc(CNC(=O)NCCCOCCc2ccccc2)c1. The molecule has 2 rings (SSSR count). The first-order valence-corrected chi connectivity index (χ1v) is 8.98. The van der Waals surface area contributed by atoms with Crippen LogP contribution in [0.3, 0.4) is 0 Å². The first-order chi connectivity index (χ1) is 12.8. The van der Waals surface area contributed by atoms with Gasteiger partial charge in [-0.15, -0.1) is 0 Å². The van der Waals surface area contributed by atoms with E-state index < -0.39 is 0 Å².